The third kappa shape index (κ3) is 2.50. The highest BCUT2D eigenvalue weighted by molar-refractivity contribution is 5.20. The first kappa shape index (κ1) is 10.2. The van der Waals surface area contributed by atoms with Crippen LogP contribution in [0.4, 0.5) is 4.39 Å². The molecule has 0 heterocycles. The van der Waals surface area contributed by atoms with E-state index in [1.165, 1.54) is 12.1 Å². The van der Waals surface area contributed by atoms with Crippen LogP contribution in [0.25, 0.3) is 0 Å². The van der Waals surface area contributed by atoms with E-state index in [9.17, 15) is 9.50 Å². The number of hydrogen-bond donors (Lipinski definition) is 2. The van der Waals surface area contributed by atoms with Crippen LogP contribution < -0.4 is 5.32 Å². The van der Waals surface area contributed by atoms with Gasteiger partial charge in [0.25, 0.3) is 0 Å². The third-order valence-corrected chi connectivity index (χ3v) is 2.02. The first-order chi connectivity index (χ1) is 6.15. The van der Waals surface area contributed by atoms with Crippen LogP contribution in [0.15, 0.2) is 24.3 Å². The lowest BCUT2D eigenvalue weighted by molar-refractivity contribution is 0.150. The van der Waals surface area contributed by atoms with Crippen LogP contribution in [0, 0.1) is 5.82 Å². The van der Waals surface area contributed by atoms with E-state index in [4.69, 9.17) is 0 Å². The standard InChI is InChI=1S/C10H14FNO/c1-7(13)10(12-2)8-3-5-9(11)6-4-8/h3-7,10,12-13H,1-2H3. The van der Waals surface area contributed by atoms with Crippen LogP contribution in [-0.4, -0.2) is 18.3 Å². The summed E-state index contributed by atoms with van der Waals surface area (Å²) >= 11 is 0. The molecule has 1 rings (SSSR count). The van der Waals surface area contributed by atoms with Crippen molar-refractivity contribution < 1.29 is 9.50 Å². The molecule has 0 saturated carbocycles. The Kier molecular flexibility index (Phi) is 3.39. The predicted molar refractivity (Wildman–Crippen MR) is 49.9 cm³/mol. The van der Waals surface area contributed by atoms with Crippen molar-refractivity contribution >= 4 is 0 Å². The van der Waals surface area contributed by atoms with Crippen molar-refractivity contribution in [1.29, 1.82) is 0 Å². The molecule has 3 heteroatoms. The lowest BCUT2D eigenvalue weighted by Gasteiger charge is -2.19. The molecule has 2 N–H and O–H groups in total. The van der Waals surface area contributed by atoms with Gasteiger partial charge in [-0.1, -0.05) is 12.1 Å². The van der Waals surface area contributed by atoms with Crippen LogP contribution in [0.5, 0.6) is 0 Å². The van der Waals surface area contributed by atoms with Crippen molar-refractivity contribution in [2.24, 2.45) is 0 Å². The molecule has 0 radical (unpaired) electrons. The van der Waals surface area contributed by atoms with Crippen molar-refractivity contribution in [3.05, 3.63) is 35.6 Å². The number of rotatable bonds is 3. The average Bonchev–Trinajstić information content (AvgIpc) is 2.09. The normalized spacial score (nSPS) is 15.4. The highest BCUT2D eigenvalue weighted by Gasteiger charge is 2.14. The van der Waals surface area contributed by atoms with E-state index in [-0.39, 0.29) is 11.9 Å². The lowest BCUT2D eigenvalue weighted by Crippen LogP contribution is -2.26. The zero-order chi connectivity index (χ0) is 9.84. The molecule has 0 saturated heterocycles. The van der Waals surface area contributed by atoms with Gasteiger partial charge in [0.1, 0.15) is 5.82 Å². The van der Waals surface area contributed by atoms with Gasteiger partial charge in [-0.25, -0.2) is 4.39 Å². The topological polar surface area (TPSA) is 32.3 Å². The number of likely N-dealkylation sites (N-methyl/N-ethyl adjacent to an activating group) is 1. The second kappa shape index (κ2) is 4.35. The van der Waals surface area contributed by atoms with Gasteiger partial charge in [-0.05, 0) is 31.7 Å². The molecule has 0 fully saturated rings. The molecule has 0 amide bonds. The molecule has 0 aliphatic rings. The van der Waals surface area contributed by atoms with Gasteiger partial charge in [-0.15, -0.1) is 0 Å². The largest absolute Gasteiger partial charge is 0.391 e. The minimum Gasteiger partial charge on any atom is -0.391 e. The number of aliphatic hydroxyl groups is 1. The van der Waals surface area contributed by atoms with Crippen molar-refractivity contribution in [1.82, 2.24) is 5.32 Å². The monoisotopic (exact) mass is 183 g/mol. The number of halogens is 1. The predicted octanol–water partition coefficient (Wildman–Crippen LogP) is 1.47. The van der Waals surface area contributed by atoms with Gasteiger partial charge < -0.3 is 10.4 Å². The van der Waals surface area contributed by atoms with E-state index in [0.29, 0.717) is 0 Å². The molecule has 13 heavy (non-hydrogen) atoms. The summed E-state index contributed by atoms with van der Waals surface area (Å²) in [6, 6.07) is 5.98. The molecule has 2 unspecified atom stereocenters. The highest BCUT2D eigenvalue weighted by atomic mass is 19.1. The Morgan fingerprint density at radius 1 is 1.31 bits per heavy atom. The molecule has 0 aliphatic carbocycles. The lowest BCUT2D eigenvalue weighted by atomic mass is 10.0. The Bertz CT molecular complexity index is 258. The first-order valence-corrected chi connectivity index (χ1v) is 4.26. The summed E-state index contributed by atoms with van der Waals surface area (Å²) in [4.78, 5) is 0. The summed E-state index contributed by atoms with van der Waals surface area (Å²) in [5.74, 6) is -0.260. The number of nitrogens with one attached hydrogen (secondary N) is 1. The fourth-order valence-electron chi connectivity index (χ4n) is 1.36. The van der Waals surface area contributed by atoms with E-state index < -0.39 is 6.10 Å². The van der Waals surface area contributed by atoms with Gasteiger partial charge in [0.05, 0.1) is 12.1 Å². The third-order valence-electron chi connectivity index (χ3n) is 2.02. The Labute approximate surface area is 77.4 Å². The fraction of sp³-hybridized carbons (Fsp3) is 0.400. The van der Waals surface area contributed by atoms with Crippen LogP contribution in [-0.2, 0) is 0 Å². The molecule has 0 bridgehead atoms. The Hall–Kier alpha value is -0.930. The van der Waals surface area contributed by atoms with Gasteiger partial charge in [-0.3, -0.25) is 0 Å². The number of benzene rings is 1. The molecular formula is C10H14FNO. The maximum atomic E-state index is 12.6. The van der Waals surface area contributed by atoms with Crippen LogP contribution in [0.2, 0.25) is 0 Å². The van der Waals surface area contributed by atoms with Gasteiger partial charge in [0.2, 0.25) is 0 Å². The minimum atomic E-state index is -0.490. The molecule has 72 valence electrons. The molecule has 2 nitrogen and oxygen atoms in total. The van der Waals surface area contributed by atoms with Crippen LogP contribution in [0.3, 0.4) is 0 Å². The molecular weight excluding hydrogens is 169 g/mol. The number of aliphatic hydroxyl groups excluding tert-OH is 1. The van der Waals surface area contributed by atoms with Gasteiger partial charge in [-0.2, -0.15) is 0 Å². The smallest absolute Gasteiger partial charge is 0.123 e. The quantitative estimate of drug-likeness (QED) is 0.743. The van der Waals surface area contributed by atoms with E-state index >= 15 is 0 Å². The summed E-state index contributed by atoms with van der Waals surface area (Å²) < 4.78 is 12.6. The van der Waals surface area contributed by atoms with Gasteiger partial charge in [0, 0.05) is 0 Å². The Balaban J connectivity index is 2.86. The highest BCUT2D eigenvalue weighted by Crippen LogP contribution is 2.16. The van der Waals surface area contributed by atoms with E-state index in [1.807, 2.05) is 0 Å². The zero-order valence-electron chi connectivity index (χ0n) is 7.79. The van der Waals surface area contributed by atoms with Gasteiger partial charge in [0.15, 0.2) is 0 Å². The number of hydrogen-bond acceptors (Lipinski definition) is 2. The minimum absolute atomic E-state index is 0.138. The summed E-state index contributed by atoms with van der Waals surface area (Å²) in [5, 5.41) is 12.3. The maximum absolute atomic E-state index is 12.6. The summed E-state index contributed by atoms with van der Waals surface area (Å²) in [5.41, 5.74) is 0.888. The molecule has 0 aliphatic heterocycles. The second-order valence-electron chi connectivity index (χ2n) is 3.06. The van der Waals surface area contributed by atoms with Crippen molar-refractivity contribution in [3.63, 3.8) is 0 Å². The fourth-order valence-corrected chi connectivity index (χ4v) is 1.36. The van der Waals surface area contributed by atoms with Crippen molar-refractivity contribution in [2.75, 3.05) is 7.05 Å². The SMILES string of the molecule is CNC(c1ccc(F)cc1)C(C)O. The van der Waals surface area contributed by atoms with Gasteiger partial charge >= 0.3 is 0 Å². The maximum Gasteiger partial charge on any atom is 0.123 e. The molecule has 1 aromatic rings. The Morgan fingerprint density at radius 3 is 2.23 bits per heavy atom. The van der Waals surface area contributed by atoms with Crippen molar-refractivity contribution in [2.45, 2.75) is 19.1 Å². The second-order valence-corrected chi connectivity index (χ2v) is 3.06. The molecule has 0 spiro atoms. The summed E-state index contributed by atoms with van der Waals surface area (Å²) in [7, 11) is 1.76. The first-order valence-electron chi connectivity index (χ1n) is 4.26. The van der Waals surface area contributed by atoms with Crippen molar-refractivity contribution in [3.8, 4) is 0 Å². The molecule has 2 atom stereocenters. The van der Waals surface area contributed by atoms with Crippen LogP contribution in [0.1, 0.15) is 18.5 Å². The Morgan fingerprint density at radius 2 is 1.85 bits per heavy atom. The van der Waals surface area contributed by atoms with E-state index in [0.717, 1.165) is 5.56 Å². The van der Waals surface area contributed by atoms with E-state index in [2.05, 4.69) is 5.32 Å². The van der Waals surface area contributed by atoms with Crippen LogP contribution >= 0.6 is 0 Å². The van der Waals surface area contributed by atoms with E-state index in [1.54, 1.807) is 26.1 Å². The zero-order valence-corrected chi connectivity index (χ0v) is 7.79. The summed E-state index contributed by atoms with van der Waals surface area (Å²) in [6.07, 6.45) is -0.490. The molecule has 0 aromatic heterocycles. The average molecular weight is 183 g/mol. The molecule has 1 aromatic carbocycles. The summed E-state index contributed by atoms with van der Waals surface area (Å²) in [6.45, 7) is 1.70.